The largest absolute Gasteiger partial charge is 0.481 e. The van der Waals surface area contributed by atoms with Gasteiger partial charge in [0.15, 0.2) is 11.6 Å². The number of methoxy groups -OCH3 is 1. The summed E-state index contributed by atoms with van der Waals surface area (Å²) in [6, 6.07) is 0.552. The zero-order valence-corrected chi connectivity index (χ0v) is 20.4. The monoisotopic (exact) mass is 486 g/mol. The van der Waals surface area contributed by atoms with Crippen LogP contribution in [0.15, 0.2) is 6.07 Å². The van der Waals surface area contributed by atoms with Crippen molar-refractivity contribution in [1.29, 1.82) is 0 Å². The molecule has 0 N–H and O–H groups in total. The van der Waals surface area contributed by atoms with Crippen molar-refractivity contribution in [2.75, 3.05) is 38.7 Å². The van der Waals surface area contributed by atoms with E-state index in [2.05, 4.69) is 4.98 Å². The van der Waals surface area contributed by atoms with Gasteiger partial charge in [-0.05, 0) is 39.7 Å². The van der Waals surface area contributed by atoms with Gasteiger partial charge >= 0.3 is 6.09 Å². The number of aromatic nitrogens is 1. The first-order valence-corrected chi connectivity index (χ1v) is 11.4. The molecule has 1 aromatic rings. The number of alkyl halides is 2. The predicted octanol–water partition coefficient (Wildman–Crippen LogP) is 3.82. The van der Waals surface area contributed by atoms with Crippen molar-refractivity contribution in [3.8, 4) is 5.88 Å². The SMILES string of the molecule is COc1nc(N2CCC(F)(F)CC2)c(F)cc1CN(C)C(=O)C1CCCN1C(=O)OC(C)(C)C. The molecule has 1 atom stereocenters. The number of amides is 2. The van der Waals surface area contributed by atoms with Crippen molar-refractivity contribution >= 4 is 17.8 Å². The van der Waals surface area contributed by atoms with E-state index >= 15 is 0 Å². The maximum absolute atomic E-state index is 14.9. The number of carbonyl (C=O) groups excluding carboxylic acids is 2. The summed E-state index contributed by atoms with van der Waals surface area (Å²) >= 11 is 0. The minimum Gasteiger partial charge on any atom is -0.481 e. The minimum absolute atomic E-state index is 0.00291. The minimum atomic E-state index is -2.76. The van der Waals surface area contributed by atoms with Gasteiger partial charge in [-0.25, -0.2) is 18.0 Å². The molecule has 2 aliphatic heterocycles. The fraction of sp³-hybridized carbons (Fsp3) is 0.696. The number of piperidine rings is 1. The summed E-state index contributed by atoms with van der Waals surface area (Å²) in [5.41, 5.74) is -0.342. The van der Waals surface area contributed by atoms with Crippen LogP contribution in [0, 0.1) is 5.82 Å². The fourth-order valence-electron chi connectivity index (χ4n) is 4.21. The molecule has 8 nitrogen and oxygen atoms in total. The number of hydrogen-bond donors (Lipinski definition) is 0. The Morgan fingerprint density at radius 3 is 2.47 bits per heavy atom. The number of halogens is 3. The molecule has 0 spiro atoms. The van der Waals surface area contributed by atoms with Gasteiger partial charge in [0.25, 0.3) is 5.92 Å². The van der Waals surface area contributed by atoms with Crippen LogP contribution in [0.3, 0.4) is 0 Å². The van der Waals surface area contributed by atoms with Crippen molar-refractivity contribution in [2.45, 2.75) is 70.6 Å². The second-order valence-electron chi connectivity index (χ2n) is 9.83. The first kappa shape index (κ1) is 25.9. The highest BCUT2D eigenvalue weighted by molar-refractivity contribution is 5.86. The number of nitrogens with zero attached hydrogens (tertiary/aromatic N) is 4. The molecule has 0 aromatic carbocycles. The first-order chi connectivity index (χ1) is 15.8. The number of pyridine rings is 1. The Morgan fingerprint density at radius 1 is 1.24 bits per heavy atom. The molecular formula is C23H33F3N4O4. The molecule has 2 amide bonds. The first-order valence-electron chi connectivity index (χ1n) is 11.4. The number of likely N-dealkylation sites (N-methyl/N-ethyl adjacent to an activating group) is 1. The zero-order chi connectivity index (χ0) is 25.3. The van der Waals surface area contributed by atoms with Crippen molar-refractivity contribution in [1.82, 2.24) is 14.8 Å². The smallest absolute Gasteiger partial charge is 0.410 e. The van der Waals surface area contributed by atoms with Crippen molar-refractivity contribution in [3.05, 3.63) is 17.4 Å². The number of rotatable bonds is 5. The lowest BCUT2D eigenvalue weighted by molar-refractivity contribution is -0.135. The van der Waals surface area contributed by atoms with E-state index < -0.39 is 29.5 Å². The molecule has 2 aliphatic rings. The Hall–Kier alpha value is -2.72. The maximum Gasteiger partial charge on any atom is 0.410 e. The lowest BCUT2D eigenvalue weighted by atomic mass is 10.1. The van der Waals surface area contributed by atoms with Gasteiger partial charge in [0.2, 0.25) is 11.8 Å². The van der Waals surface area contributed by atoms with Gasteiger partial charge in [-0.2, -0.15) is 4.98 Å². The van der Waals surface area contributed by atoms with E-state index in [9.17, 15) is 22.8 Å². The van der Waals surface area contributed by atoms with Gasteiger partial charge in [0.05, 0.1) is 13.7 Å². The second kappa shape index (κ2) is 9.87. The van der Waals surface area contributed by atoms with Crippen LogP contribution in [0.5, 0.6) is 5.88 Å². The van der Waals surface area contributed by atoms with E-state index in [1.807, 2.05) is 0 Å². The Bertz CT molecular complexity index is 912. The number of anilines is 1. The average molecular weight is 487 g/mol. The van der Waals surface area contributed by atoms with Crippen LogP contribution in [0.4, 0.5) is 23.8 Å². The van der Waals surface area contributed by atoms with E-state index in [1.54, 1.807) is 27.8 Å². The molecule has 11 heteroatoms. The highest BCUT2D eigenvalue weighted by atomic mass is 19.3. The van der Waals surface area contributed by atoms with Gasteiger partial charge in [-0.3, -0.25) is 9.69 Å². The normalized spacial score (nSPS) is 20.3. The van der Waals surface area contributed by atoms with Crippen LogP contribution in [-0.4, -0.2) is 78.1 Å². The molecular weight excluding hydrogens is 453 g/mol. The van der Waals surface area contributed by atoms with Gasteiger partial charge in [-0.15, -0.1) is 0 Å². The van der Waals surface area contributed by atoms with Crippen molar-refractivity contribution in [3.63, 3.8) is 0 Å². The Labute approximate surface area is 198 Å². The summed E-state index contributed by atoms with van der Waals surface area (Å²) in [7, 11) is 2.94. The van der Waals surface area contributed by atoms with Gasteiger partial charge in [-0.1, -0.05) is 0 Å². The molecule has 1 unspecified atom stereocenters. The summed E-state index contributed by atoms with van der Waals surface area (Å²) in [6.07, 6.45) is -0.105. The van der Waals surface area contributed by atoms with E-state index in [0.717, 1.165) is 0 Å². The predicted molar refractivity (Wildman–Crippen MR) is 120 cm³/mol. The number of hydrogen-bond acceptors (Lipinski definition) is 6. The number of ether oxygens (including phenoxy) is 2. The maximum atomic E-state index is 14.9. The summed E-state index contributed by atoms with van der Waals surface area (Å²) in [5.74, 6) is -3.65. The number of carbonyl (C=O) groups is 2. The van der Waals surface area contributed by atoms with Crippen LogP contribution in [0.2, 0.25) is 0 Å². The third kappa shape index (κ3) is 6.04. The van der Waals surface area contributed by atoms with Crippen molar-refractivity contribution < 1.29 is 32.2 Å². The molecule has 0 saturated carbocycles. The Kier molecular flexibility index (Phi) is 7.52. The van der Waals surface area contributed by atoms with Crippen molar-refractivity contribution in [2.24, 2.45) is 0 Å². The molecule has 3 heterocycles. The van der Waals surface area contributed by atoms with Crippen LogP contribution >= 0.6 is 0 Å². The van der Waals surface area contributed by atoms with E-state index in [4.69, 9.17) is 9.47 Å². The highest BCUT2D eigenvalue weighted by Crippen LogP contribution is 2.33. The Morgan fingerprint density at radius 2 is 1.88 bits per heavy atom. The van der Waals surface area contributed by atoms with Crippen LogP contribution < -0.4 is 9.64 Å². The standard InChI is InChI=1S/C23H33F3N4O4/c1-22(2,3)34-21(32)30-10-6-7-17(30)20(31)28(4)14-15-13-16(24)18(27-19(15)33-5)29-11-8-23(25,26)9-12-29/h13,17H,6-12,14H2,1-5H3. The molecule has 0 bridgehead atoms. The lowest BCUT2D eigenvalue weighted by Crippen LogP contribution is -2.47. The molecule has 190 valence electrons. The van der Waals surface area contributed by atoms with Gasteiger partial charge < -0.3 is 19.3 Å². The lowest BCUT2D eigenvalue weighted by Gasteiger charge is -2.33. The second-order valence-corrected chi connectivity index (χ2v) is 9.83. The van der Waals surface area contributed by atoms with Gasteiger partial charge in [0.1, 0.15) is 11.6 Å². The van der Waals surface area contributed by atoms with E-state index in [1.165, 1.54) is 27.9 Å². The van der Waals surface area contributed by atoms with Gasteiger partial charge in [0, 0.05) is 45.1 Å². The Balaban J connectivity index is 1.72. The summed E-state index contributed by atoms with van der Waals surface area (Å²) in [6.45, 7) is 5.68. The molecule has 2 saturated heterocycles. The van der Waals surface area contributed by atoms with E-state index in [-0.39, 0.29) is 50.1 Å². The number of likely N-dealkylation sites (tertiary alicyclic amines) is 1. The quantitative estimate of drug-likeness (QED) is 0.630. The highest BCUT2D eigenvalue weighted by Gasteiger charge is 2.38. The topological polar surface area (TPSA) is 75.2 Å². The summed E-state index contributed by atoms with van der Waals surface area (Å²) < 4.78 is 52.6. The zero-order valence-electron chi connectivity index (χ0n) is 20.4. The molecule has 0 aliphatic carbocycles. The van der Waals surface area contributed by atoms with Crippen LogP contribution in [0.1, 0.15) is 52.0 Å². The van der Waals surface area contributed by atoms with Crippen LogP contribution in [0.25, 0.3) is 0 Å². The third-order valence-corrected chi connectivity index (χ3v) is 5.93. The summed E-state index contributed by atoms with van der Waals surface area (Å²) in [5, 5.41) is 0. The molecule has 0 radical (unpaired) electrons. The molecule has 2 fully saturated rings. The van der Waals surface area contributed by atoms with E-state index in [0.29, 0.717) is 24.9 Å². The molecule has 1 aromatic heterocycles. The fourth-order valence-corrected chi connectivity index (χ4v) is 4.21. The average Bonchev–Trinajstić information content (AvgIpc) is 3.22. The summed E-state index contributed by atoms with van der Waals surface area (Å²) in [4.78, 5) is 34.2. The molecule has 34 heavy (non-hydrogen) atoms. The molecule has 3 rings (SSSR count). The third-order valence-electron chi connectivity index (χ3n) is 5.93. The van der Waals surface area contributed by atoms with Crippen LogP contribution in [-0.2, 0) is 16.1 Å².